The van der Waals surface area contributed by atoms with Crippen molar-refractivity contribution in [3.8, 4) is 11.5 Å². The molecule has 5 heterocycles. The third-order valence-corrected chi connectivity index (χ3v) is 8.62. The van der Waals surface area contributed by atoms with Crippen molar-refractivity contribution in [2.24, 2.45) is 0 Å². The molecule has 1 amide bonds. The summed E-state index contributed by atoms with van der Waals surface area (Å²) < 4.78 is 6.90. The summed E-state index contributed by atoms with van der Waals surface area (Å²) in [5.41, 5.74) is 9.51. The van der Waals surface area contributed by atoms with Gasteiger partial charge in [-0.25, -0.2) is 0 Å². The highest BCUT2D eigenvalue weighted by molar-refractivity contribution is 6.06. The van der Waals surface area contributed by atoms with E-state index in [0.717, 1.165) is 100 Å². The number of rotatable bonds is 4. The minimum Gasteiger partial charge on any atom is -0.481 e. The van der Waals surface area contributed by atoms with Crippen molar-refractivity contribution in [3.05, 3.63) is 34.4 Å². The second-order valence-corrected chi connectivity index (χ2v) is 10.9. The van der Waals surface area contributed by atoms with Crippen LogP contribution in [0.3, 0.4) is 0 Å². The molecule has 5 aliphatic rings. The normalized spacial score (nSPS) is 19.1. The van der Waals surface area contributed by atoms with Crippen molar-refractivity contribution in [2.75, 3.05) is 40.9 Å². The van der Waals surface area contributed by atoms with Crippen LogP contribution in [-0.4, -0.2) is 43.2 Å². The molecule has 0 fully saturated rings. The van der Waals surface area contributed by atoms with Crippen LogP contribution in [0, 0.1) is 0 Å². The van der Waals surface area contributed by atoms with Gasteiger partial charge in [0.2, 0.25) is 5.91 Å². The van der Waals surface area contributed by atoms with Gasteiger partial charge in [-0.05, 0) is 81.0 Å². The van der Waals surface area contributed by atoms with E-state index in [9.17, 15) is 9.59 Å². The summed E-state index contributed by atoms with van der Waals surface area (Å²) in [6, 6.07) is 4.39. The van der Waals surface area contributed by atoms with Crippen LogP contribution in [0.1, 0.15) is 67.2 Å². The lowest BCUT2D eigenvalue weighted by Gasteiger charge is -2.43. The van der Waals surface area contributed by atoms with Gasteiger partial charge in [-0.3, -0.25) is 14.5 Å². The zero-order valence-corrected chi connectivity index (χ0v) is 20.8. The predicted octanol–water partition coefficient (Wildman–Crippen LogP) is 5.11. The Hall–Kier alpha value is -3.22. The summed E-state index contributed by atoms with van der Waals surface area (Å²) in [5, 5.41) is 9.16. The molecule has 0 spiro atoms. The maximum Gasteiger partial charge on any atom is 0.303 e. The largest absolute Gasteiger partial charge is 0.481 e. The second kappa shape index (κ2) is 8.43. The lowest BCUT2D eigenvalue weighted by Crippen LogP contribution is -2.37. The van der Waals surface area contributed by atoms with E-state index in [1.54, 1.807) is 0 Å². The maximum atomic E-state index is 13.9. The number of anilines is 4. The molecule has 0 radical (unpaired) electrons. The summed E-state index contributed by atoms with van der Waals surface area (Å²) in [6.07, 6.45) is 8.96. The molecule has 0 aromatic heterocycles. The molecule has 0 saturated carbocycles. The van der Waals surface area contributed by atoms with Crippen LogP contribution in [0.2, 0.25) is 0 Å². The molecule has 0 bridgehead atoms. The number of carbonyl (C=O) groups excluding carboxylic acids is 1. The van der Waals surface area contributed by atoms with Gasteiger partial charge in [0, 0.05) is 61.5 Å². The number of ether oxygens (including phenoxy) is 1. The minimum absolute atomic E-state index is 0.00455. The Morgan fingerprint density at radius 2 is 1.25 bits per heavy atom. The first-order valence-electron chi connectivity index (χ1n) is 13.7. The number of amides is 1. The summed E-state index contributed by atoms with van der Waals surface area (Å²) in [7, 11) is 0. The van der Waals surface area contributed by atoms with Crippen LogP contribution >= 0.6 is 0 Å². The van der Waals surface area contributed by atoms with Crippen LogP contribution in [0.15, 0.2) is 12.1 Å². The molecule has 188 valence electrons. The fourth-order valence-electron chi connectivity index (χ4n) is 7.19. The Morgan fingerprint density at radius 1 is 0.750 bits per heavy atom. The van der Waals surface area contributed by atoms with E-state index in [2.05, 4.69) is 21.9 Å². The SMILES string of the molecule is O=C(O)CCCC(=O)N1c2cc3c4c(c2Oc2c1cc1c5c2CCCN5CCC1)CCCN4CCC3. The summed E-state index contributed by atoms with van der Waals surface area (Å²) in [5.74, 6) is 0.809. The smallest absolute Gasteiger partial charge is 0.303 e. The highest BCUT2D eigenvalue weighted by Crippen LogP contribution is 2.57. The van der Waals surface area contributed by atoms with Crippen LogP contribution in [0.4, 0.5) is 22.7 Å². The van der Waals surface area contributed by atoms with Crippen LogP contribution in [0.5, 0.6) is 11.5 Å². The van der Waals surface area contributed by atoms with E-state index in [4.69, 9.17) is 9.84 Å². The highest BCUT2D eigenvalue weighted by Gasteiger charge is 2.39. The molecule has 2 aromatic carbocycles. The molecule has 2 aromatic rings. The molecule has 36 heavy (non-hydrogen) atoms. The Morgan fingerprint density at radius 3 is 1.75 bits per heavy atom. The highest BCUT2D eigenvalue weighted by atomic mass is 16.5. The summed E-state index contributed by atoms with van der Waals surface area (Å²) in [4.78, 5) is 31.9. The molecule has 7 heteroatoms. The van der Waals surface area contributed by atoms with Gasteiger partial charge in [0.25, 0.3) is 0 Å². The van der Waals surface area contributed by atoms with E-state index in [1.807, 2.05) is 4.90 Å². The van der Waals surface area contributed by atoms with Crippen molar-refractivity contribution in [1.29, 1.82) is 0 Å². The van der Waals surface area contributed by atoms with Gasteiger partial charge in [0.15, 0.2) is 11.5 Å². The standard InChI is InChI=1S/C29H33N3O4/c33-24(10-1-11-25(34)35)32-22-16-18-6-2-12-30-14-4-8-20(26(18)30)28(22)36-29-21-9-5-15-31-13-3-7-19(27(21)31)17-23(29)32/h16-17H,1-15H2,(H,34,35). The van der Waals surface area contributed by atoms with Gasteiger partial charge >= 0.3 is 5.97 Å². The Kier molecular flexibility index (Phi) is 5.15. The van der Waals surface area contributed by atoms with Crippen molar-refractivity contribution < 1.29 is 19.4 Å². The quantitative estimate of drug-likeness (QED) is 0.646. The lowest BCUT2D eigenvalue weighted by atomic mass is 9.87. The van der Waals surface area contributed by atoms with Gasteiger partial charge in [0.1, 0.15) is 0 Å². The van der Waals surface area contributed by atoms with Gasteiger partial charge in [0.05, 0.1) is 11.4 Å². The number of hydrogen-bond donors (Lipinski definition) is 1. The third kappa shape index (κ3) is 3.31. The zero-order chi connectivity index (χ0) is 24.4. The Labute approximate surface area is 211 Å². The van der Waals surface area contributed by atoms with E-state index >= 15 is 0 Å². The number of carbonyl (C=O) groups is 2. The van der Waals surface area contributed by atoms with E-state index in [1.165, 1.54) is 33.6 Å². The molecule has 1 N–H and O–H groups in total. The number of benzene rings is 2. The summed E-state index contributed by atoms with van der Waals surface area (Å²) >= 11 is 0. The Balaban J connectivity index is 1.42. The molecule has 0 atom stereocenters. The van der Waals surface area contributed by atoms with Crippen molar-refractivity contribution in [3.63, 3.8) is 0 Å². The lowest BCUT2D eigenvalue weighted by molar-refractivity contribution is -0.137. The predicted molar refractivity (Wildman–Crippen MR) is 139 cm³/mol. The first-order chi connectivity index (χ1) is 17.6. The Bertz CT molecular complexity index is 1200. The second-order valence-electron chi connectivity index (χ2n) is 10.9. The van der Waals surface area contributed by atoms with Gasteiger partial charge < -0.3 is 19.6 Å². The fraction of sp³-hybridized carbons (Fsp3) is 0.517. The van der Waals surface area contributed by atoms with E-state index < -0.39 is 5.97 Å². The minimum atomic E-state index is -0.859. The topological polar surface area (TPSA) is 73.3 Å². The molecule has 7 rings (SSSR count). The van der Waals surface area contributed by atoms with Crippen LogP contribution in [0.25, 0.3) is 0 Å². The fourth-order valence-corrected chi connectivity index (χ4v) is 7.19. The molecular formula is C29H33N3O4. The first kappa shape index (κ1) is 22.0. The molecule has 0 unspecified atom stereocenters. The number of aliphatic carboxylic acids is 1. The molecule has 5 aliphatic heterocycles. The monoisotopic (exact) mass is 487 g/mol. The van der Waals surface area contributed by atoms with Crippen LogP contribution < -0.4 is 19.4 Å². The maximum absolute atomic E-state index is 13.9. The van der Waals surface area contributed by atoms with Gasteiger partial charge in [-0.2, -0.15) is 0 Å². The van der Waals surface area contributed by atoms with Crippen molar-refractivity contribution in [1.82, 2.24) is 0 Å². The van der Waals surface area contributed by atoms with Gasteiger partial charge in [-0.1, -0.05) is 0 Å². The average molecular weight is 488 g/mol. The zero-order valence-electron chi connectivity index (χ0n) is 20.8. The number of hydrogen-bond acceptors (Lipinski definition) is 5. The van der Waals surface area contributed by atoms with E-state index in [-0.39, 0.29) is 18.7 Å². The summed E-state index contributed by atoms with van der Waals surface area (Å²) in [6.45, 7) is 4.34. The number of aryl methyl sites for hydroxylation is 2. The average Bonchev–Trinajstić information content (AvgIpc) is 2.88. The molecule has 7 nitrogen and oxygen atoms in total. The number of nitrogens with zero attached hydrogens (tertiary/aromatic N) is 3. The van der Waals surface area contributed by atoms with Crippen LogP contribution in [-0.2, 0) is 35.3 Å². The first-order valence-corrected chi connectivity index (χ1v) is 13.7. The van der Waals surface area contributed by atoms with E-state index in [0.29, 0.717) is 6.42 Å². The number of carboxylic acids is 1. The third-order valence-electron chi connectivity index (χ3n) is 8.62. The molecular weight excluding hydrogens is 454 g/mol. The number of carboxylic acid groups (broad SMARTS) is 1. The van der Waals surface area contributed by atoms with Gasteiger partial charge in [-0.15, -0.1) is 0 Å². The molecule has 0 saturated heterocycles. The molecule has 0 aliphatic carbocycles. The van der Waals surface area contributed by atoms with Crippen molar-refractivity contribution in [2.45, 2.75) is 70.6 Å². The number of fused-ring (bicyclic) bond motifs is 4. The van der Waals surface area contributed by atoms with Crippen molar-refractivity contribution >= 4 is 34.6 Å².